The van der Waals surface area contributed by atoms with Crippen LogP contribution in [0.2, 0.25) is 0 Å². The molecular weight excluding hydrogens is 314 g/mol. The van der Waals surface area contributed by atoms with Gasteiger partial charge in [0.1, 0.15) is 0 Å². The fourth-order valence-corrected chi connectivity index (χ4v) is 4.19. The molecule has 2 aliphatic rings. The summed E-state index contributed by atoms with van der Waals surface area (Å²) >= 11 is 5.37. The van der Waals surface area contributed by atoms with Crippen molar-refractivity contribution in [2.24, 2.45) is 0 Å². The first-order chi connectivity index (χ1) is 8.77. The number of rotatable bonds is 2. The van der Waals surface area contributed by atoms with Crippen molar-refractivity contribution in [1.29, 1.82) is 0 Å². The number of morpholine rings is 1. The Labute approximate surface area is 120 Å². The molecule has 1 aromatic heterocycles. The Bertz CT molecular complexity index is 398. The van der Waals surface area contributed by atoms with Gasteiger partial charge < -0.3 is 9.47 Å². The first-order valence-electron chi connectivity index (χ1n) is 6.42. The molecule has 0 unspecified atom stereocenters. The predicted molar refractivity (Wildman–Crippen MR) is 76.0 cm³/mol. The highest BCUT2D eigenvalue weighted by Gasteiger charge is 2.38. The molecule has 18 heavy (non-hydrogen) atoms. The lowest BCUT2D eigenvalue weighted by atomic mass is 9.92. The summed E-state index contributed by atoms with van der Waals surface area (Å²) in [6, 6.07) is 0. The third-order valence-electron chi connectivity index (χ3n) is 3.81. The van der Waals surface area contributed by atoms with Crippen molar-refractivity contribution < 1.29 is 9.47 Å². The van der Waals surface area contributed by atoms with Gasteiger partial charge in [0.25, 0.3) is 0 Å². The monoisotopic (exact) mass is 331 g/mol. The topological polar surface area (TPSA) is 21.7 Å². The summed E-state index contributed by atoms with van der Waals surface area (Å²) in [6.07, 6.45) is 2.07. The Morgan fingerprint density at radius 1 is 1.28 bits per heavy atom. The average molecular weight is 332 g/mol. The predicted octanol–water partition coefficient (Wildman–Crippen LogP) is 2.89. The molecule has 3 nitrogen and oxygen atoms in total. The summed E-state index contributed by atoms with van der Waals surface area (Å²) in [7, 11) is 0. The second-order valence-electron chi connectivity index (χ2n) is 5.10. The third kappa shape index (κ3) is 2.80. The summed E-state index contributed by atoms with van der Waals surface area (Å²) in [5, 5.41) is 4.39. The van der Waals surface area contributed by atoms with Crippen LogP contribution in [0.25, 0.3) is 0 Å². The van der Waals surface area contributed by atoms with E-state index in [9.17, 15) is 0 Å². The van der Waals surface area contributed by atoms with Gasteiger partial charge in [-0.3, -0.25) is 4.90 Å². The van der Waals surface area contributed by atoms with E-state index in [4.69, 9.17) is 9.47 Å². The van der Waals surface area contributed by atoms with Gasteiger partial charge in [0, 0.05) is 55.5 Å². The van der Waals surface area contributed by atoms with E-state index < -0.39 is 0 Å². The van der Waals surface area contributed by atoms with Gasteiger partial charge in [0.15, 0.2) is 0 Å². The first kappa shape index (κ1) is 13.1. The van der Waals surface area contributed by atoms with Gasteiger partial charge in [-0.25, -0.2) is 0 Å². The largest absolute Gasteiger partial charge is 0.381 e. The molecule has 0 aliphatic carbocycles. The quantitative estimate of drug-likeness (QED) is 0.831. The van der Waals surface area contributed by atoms with Crippen LogP contribution in [-0.4, -0.2) is 43.4 Å². The highest BCUT2D eigenvalue weighted by Crippen LogP contribution is 2.31. The van der Waals surface area contributed by atoms with Crippen molar-refractivity contribution in [3.05, 3.63) is 20.8 Å². The molecule has 0 bridgehead atoms. The minimum absolute atomic E-state index is 0.0546. The van der Waals surface area contributed by atoms with Crippen molar-refractivity contribution >= 4 is 27.3 Å². The van der Waals surface area contributed by atoms with Crippen molar-refractivity contribution in [1.82, 2.24) is 4.90 Å². The Hall–Kier alpha value is 0.0600. The standard InChI is InChI=1S/C13H18BrNO2S/c14-12-9-18-8-11(12)7-15-3-6-17-13(10-15)1-4-16-5-2-13/h8-9H,1-7,10H2. The summed E-state index contributed by atoms with van der Waals surface area (Å²) in [5.41, 5.74) is 1.45. The minimum Gasteiger partial charge on any atom is -0.381 e. The molecule has 2 fully saturated rings. The minimum atomic E-state index is 0.0546. The summed E-state index contributed by atoms with van der Waals surface area (Å²) in [6.45, 7) is 5.63. The van der Waals surface area contributed by atoms with Crippen molar-refractivity contribution in [3.63, 3.8) is 0 Å². The van der Waals surface area contributed by atoms with E-state index in [0.29, 0.717) is 0 Å². The maximum absolute atomic E-state index is 6.06. The molecule has 0 aromatic carbocycles. The number of ether oxygens (including phenoxy) is 2. The molecule has 2 saturated heterocycles. The molecule has 5 heteroatoms. The SMILES string of the molecule is Brc1cscc1CN1CCOC2(CCOCC2)C1. The van der Waals surface area contributed by atoms with Crippen LogP contribution in [0.5, 0.6) is 0 Å². The van der Waals surface area contributed by atoms with Crippen LogP contribution in [0.3, 0.4) is 0 Å². The molecule has 0 N–H and O–H groups in total. The van der Waals surface area contributed by atoms with E-state index in [2.05, 4.69) is 31.6 Å². The number of hydrogen-bond donors (Lipinski definition) is 0. The average Bonchev–Trinajstić information content (AvgIpc) is 2.76. The van der Waals surface area contributed by atoms with Crippen LogP contribution < -0.4 is 0 Å². The van der Waals surface area contributed by atoms with E-state index in [0.717, 1.165) is 52.3 Å². The molecule has 2 aliphatic heterocycles. The smallest absolute Gasteiger partial charge is 0.0853 e. The molecule has 3 rings (SSSR count). The van der Waals surface area contributed by atoms with Gasteiger partial charge in [0.05, 0.1) is 12.2 Å². The molecule has 1 spiro atoms. The zero-order valence-corrected chi connectivity index (χ0v) is 12.8. The third-order valence-corrected chi connectivity index (χ3v) is 5.65. The fraction of sp³-hybridized carbons (Fsp3) is 0.692. The molecule has 0 amide bonds. The Kier molecular flexibility index (Phi) is 4.06. The van der Waals surface area contributed by atoms with Gasteiger partial charge in [-0.05, 0) is 26.9 Å². The lowest BCUT2D eigenvalue weighted by Crippen LogP contribution is -2.54. The molecule has 0 radical (unpaired) electrons. The zero-order valence-electron chi connectivity index (χ0n) is 10.4. The molecule has 3 heterocycles. The maximum atomic E-state index is 6.06. The van der Waals surface area contributed by atoms with Crippen molar-refractivity contribution in [3.8, 4) is 0 Å². The van der Waals surface area contributed by atoms with Crippen LogP contribution >= 0.6 is 27.3 Å². The summed E-state index contributed by atoms with van der Waals surface area (Å²) in [5.74, 6) is 0. The van der Waals surface area contributed by atoms with Gasteiger partial charge in [-0.1, -0.05) is 0 Å². The van der Waals surface area contributed by atoms with Crippen LogP contribution in [0, 0.1) is 0 Å². The van der Waals surface area contributed by atoms with Gasteiger partial charge in [-0.2, -0.15) is 11.3 Å². The number of halogens is 1. The molecule has 100 valence electrons. The molecule has 0 saturated carbocycles. The normalized spacial score (nSPS) is 24.5. The Morgan fingerprint density at radius 3 is 2.83 bits per heavy atom. The summed E-state index contributed by atoms with van der Waals surface area (Å²) < 4.78 is 12.7. The second-order valence-corrected chi connectivity index (χ2v) is 6.70. The van der Waals surface area contributed by atoms with E-state index in [1.165, 1.54) is 10.0 Å². The number of thiophene rings is 1. The van der Waals surface area contributed by atoms with Crippen LogP contribution in [0.15, 0.2) is 15.2 Å². The fourth-order valence-electron chi connectivity index (χ4n) is 2.77. The van der Waals surface area contributed by atoms with E-state index in [-0.39, 0.29) is 5.60 Å². The lowest BCUT2D eigenvalue weighted by molar-refractivity contribution is -0.155. The highest BCUT2D eigenvalue weighted by atomic mass is 79.9. The molecular formula is C13H18BrNO2S. The van der Waals surface area contributed by atoms with Crippen LogP contribution in [0.1, 0.15) is 18.4 Å². The molecule has 0 atom stereocenters. The van der Waals surface area contributed by atoms with Crippen LogP contribution in [-0.2, 0) is 16.0 Å². The van der Waals surface area contributed by atoms with Crippen molar-refractivity contribution in [2.45, 2.75) is 25.0 Å². The first-order valence-corrected chi connectivity index (χ1v) is 8.16. The van der Waals surface area contributed by atoms with Gasteiger partial charge >= 0.3 is 0 Å². The van der Waals surface area contributed by atoms with Gasteiger partial charge in [0.2, 0.25) is 0 Å². The van der Waals surface area contributed by atoms with E-state index >= 15 is 0 Å². The highest BCUT2D eigenvalue weighted by molar-refractivity contribution is 9.10. The van der Waals surface area contributed by atoms with Crippen molar-refractivity contribution in [2.75, 3.05) is 32.9 Å². The van der Waals surface area contributed by atoms with Gasteiger partial charge in [-0.15, -0.1) is 0 Å². The maximum Gasteiger partial charge on any atom is 0.0853 e. The van der Waals surface area contributed by atoms with E-state index in [1.807, 2.05) is 0 Å². The van der Waals surface area contributed by atoms with Crippen LogP contribution in [0.4, 0.5) is 0 Å². The number of nitrogens with zero attached hydrogens (tertiary/aromatic N) is 1. The Morgan fingerprint density at radius 2 is 2.11 bits per heavy atom. The zero-order chi connectivity index (χ0) is 12.4. The molecule has 1 aromatic rings. The summed E-state index contributed by atoms with van der Waals surface area (Å²) in [4.78, 5) is 2.52. The Balaban J connectivity index is 1.65. The number of hydrogen-bond acceptors (Lipinski definition) is 4. The second kappa shape index (κ2) is 5.59. The van der Waals surface area contributed by atoms with E-state index in [1.54, 1.807) is 11.3 Å². The lowest BCUT2D eigenvalue weighted by Gasteiger charge is -2.44.